The third kappa shape index (κ3) is 2.75. The maximum absolute atomic E-state index is 12.4. The molecule has 1 amide bonds. The lowest BCUT2D eigenvalue weighted by atomic mass is 10.2. The number of hydrogen-bond donors (Lipinski definition) is 1. The van der Waals surface area contributed by atoms with Crippen molar-refractivity contribution in [3.05, 3.63) is 29.8 Å². The van der Waals surface area contributed by atoms with Crippen LogP contribution in [0.5, 0.6) is 0 Å². The van der Waals surface area contributed by atoms with E-state index in [0.29, 0.717) is 24.9 Å². The number of benzene rings is 1. The van der Waals surface area contributed by atoms with Crippen LogP contribution in [0.1, 0.15) is 18.4 Å². The lowest BCUT2D eigenvalue weighted by Gasteiger charge is -2.25. The summed E-state index contributed by atoms with van der Waals surface area (Å²) in [5, 5.41) is 9.17. The number of sulfonamides is 1. The van der Waals surface area contributed by atoms with Gasteiger partial charge in [-0.3, -0.25) is 4.79 Å². The van der Waals surface area contributed by atoms with Crippen LogP contribution in [0.3, 0.4) is 0 Å². The van der Waals surface area contributed by atoms with Gasteiger partial charge in [0.1, 0.15) is 10.9 Å². The maximum atomic E-state index is 12.4. The van der Waals surface area contributed by atoms with Gasteiger partial charge in [0.25, 0.3) is 10.0 Å². The fourth-order valence-corrected chi connectivity index (χ4v) is 4.31. The molecular formula is C15H17N3O5S. The number of carbonyl (C=O) groups is 2. The van der Waals surface area contributed by atoms with Crippen molar-refractivity contribution >= 4 is 27.7 Å². The van der Waals surface area contributed by atoms with Crippen molar-refractivity contribution in [3.63, 3.8) is 0 Å². The fourth-order valence-electron chi connectivity index (χ4n) is 3.05. The van der Waals surface area contributed by atoms with Gasteiger partial charge in [0.2, 0.25) is 5.91 Å². The molecule has 0 spiro atoms. The number of hydrogen-bond acceptors (Lipinski definition) is 5. The van der Waals surface area contributed by atoms with Crippen LogP contribution in [0, 0.1) is 0 Å². The Hall–Kier alpha value is -2.42. The number of aliphatic carboxylic acids is 1. The van der Waals surface area contributed by atoms with Gasteiger partial charge in [-0.1, -0.05) is 12.1 Å². The molecule has 0 bridgehead atoms. The molecule has 1 aromatic carbocycles. The second-order valence-electron chi connectivity index (χ2n) is 5.83. The molecule has 1 saturated heterocycles. The van der Waals surface area contributed by atoms with E-state index in [0.717, 1.165) is 0 Å². The molecule has 2 heterocycles. The average molecular weight is 351 g/mol. The molecule has 0 unspecified atom stereocenters. The van der Waals surface area contributed by atoms with E-state index < -0.39 is 22.0 Å². The van der Waals surface area contributed by atoms with E-state index >= 15 is 0 Å². The van der Waals surface area contributed by atoms with Crippen LogP contribution < -0.4 is 0 Å². The van der Waals surface area contributed by atoms with E-state index in [4.69, 9.17) is 5.11 Å². The Morgan fingerprint density at radius 1 is 1.38 bits per heavy atom. The minimum Gasteiger partial charge on any atom is -0.480 e. The molecule has 8 nitrogen and oxygen atoms in total. The van der Waals surface area contributed by atoms with Crippen molar-refractivity contribution in [2.45, 2.75) is 23.8 Å². The molecule has 2 aliphatic heterocycles. The van der Waals surface area contributed by atoms with Crippen molar-refractivity contribution in [2.75, 3.05) is 20.1 Å². The number of nitrogens with zero attached hydrogens (tertiary/aromatic N) is 3. The molecule has 0 radical (unpaired) electrons. The summed E-state index contributed by atoms with van der Waals surface area (Å²) < 4.78 is 27.9. The number of rotatable bonds is 3. The lowest BCUT2D eigenvalue weighted by Crippen LogP contribution is -2.46. The second-order valence-corrected chi connectivity index (χ2v) is 7.40. The molecular weight excluding hydrogens is 334 g/mol. The van der Waals surface area contributed by atoms with Gasteiger partial charge in [0.15, 0.2) is 5.84 Å². The monoisotopic (exact) mass is 351 g/mol. The summed E-state index contributed by atoms with van der Waals surface area (Å²) in [5.74, 6) is -1.17. The number of likely N-dealkylation sites (tertiary alicyclic amines) is 1. The van der Waals surface area contributed by atoms with Crippen LogP contribution >= 0.6 is 0 Å². The van der Waals surface area contributed by atoms with Crippen LogP contribution in [0.4, 0.5) is 0 Å². The molecule has 3 rings (SSSR count). The first-order valence-corrected chi connectivity index (χ1v) is 8.93. The van der Waals surface area contributed by atoms with E-state index in [-0.39, 0.29) is 23.2 Å². The molecule has 1 aromatic rings. The van der Waals surface area contributed by atoms with Crippen molar-refractivity contribution in [1.82, 2.24) is 9.80 Å². The molecule has 1 atom stereocenters. The zero-order valence-corrected chi connectivity index (χ0v) is 13.9. The van der Waals surface area contributed by atoms with Crippen molar-refractivity contribution in [2.24, 2.45) is 4.40 Å². The highest BCUT2D eigenvalue weighted by molar-refractivity contribution is 7.90. The number of carbonyl (C=O) groups excluding carboxylic acids is 1. The molecule has 1 N–H and O–H groups in total. The third-order valence-corrected chi connectivity index (χ3v) is 5.53. The van der Waals surface area contributed by atoms with Gasteiger partial charge < -0.3 is 14.9 Å². The molecule has 128 valence electrons. The normalized spacial score (nSPS) is 21.3. The Balaban J connectivity index is 1.80. The molecule has 9 heteroatoms. The Morgan fingerprint density at radius 3 is 2.79 bits per heavy atom. The van der Waals surface area contributed by atoms with Gasteiger partial charge in [-0.25, -0.2) is 4.79 Å². The van der Waals surface area contributed by atoms with E-state index in [1.54, 1.807) is 25.2 Å². The van der Waals surface area contributed by atoms with E-state index in [1.807, 2.05) is 0 Å². The first kappa shape index (κ1) is 16.4. The maximum Gasteiger partial charge on any atom is 0.326 e. The van der Waals surface area contributed by atoms with Crippen LogP contribution in [0.25, 0.3) is 0 Å². The summed E-state index contributed by atoms with van der Waals surface area (Å²) in [6.45, 7) is 0.261. The number of amides is 1. The zero-order chi connectivity index (χ0) is 17.5. The summed E-state index contributed by atoms with van der Waals surface area (Å²) in [6, 6.07) is 5.60. The number of carboxylic acid groups (broad SMARTS) is 1. The van der Waals surface area contributed by atoms with Gasteiger partial charge in [0.05, 0.1) is 6.54 Å². The van der Waals surface area contributed by atoms with E-state index in [9.17, 15) is 18.0 Å². The van der Waals surface area contributed by atoms with Gasteiger partial charge in [-0.2, -0.15) is 8.42 Å². The highest BCUT2D eigenvalue weighted by Gasteiger charge is 2.36. The number of amidine groups is 1. The Kier molecular flexibility index (Phi) is 4.04. The SMILES string of the molecule is CN(CC(=O)N1CCC[C@@H]1C(=O)O)C1=NS(=O)(=O)c2ccccc21. The first-order chi connectivity index (χ1) is 11.3. The third-order valence-electron chi connectivity index (χ3n) is 4.20. The largest absolute Gasteiger partial charge is 0.480 e. The summed E-state index contributed by atoms with van der Waals surface area (Å²) >= 11 is 0. The Labute approximate surface area is 139 Å². The van der Waals surface area contributed by atoms with Crippen LogP contribution in [0.15, 0.2) is 33.6 Å². The molecule has 0 aliphatic carbocycles. The molecule has 2 aliphatic rings. The number of likely N-dealkylation sites (N-methyl/N-ethyl adjacent to an activating group) is 1. The highest BCUT2D eigenvalue weighted by Crippen LogP contribution is 2.27. The summed E-state index contributed by atoms with van der Waals surface area (Å²) in [5.41, 5.74) is 0.448. The molecule has 1 fully saturated rings. The van der Waals surface area contributed by atoms with Crippen molar-refractivity contribution in [1.29, 1.82) is 0 Å². The number of fused-ring (bicyclic) bond motifs is 1. The van der Waals surface area contributed by atoms with E-state index in [1.165, 1.54) is 15.9 Å². The fraction of sp³-hybridized carbons (Fsp3) is 0.400. The highest BCUT2D eigenvalue weighted by atomic mass is 32.2. The minimum atomic E-state index is -3.75. The minimum absolute atomic E-state index is 0.115. The second kappa shape index (κ2) is 5.90. The smallest absolute Gasteiger partial charge is 0.326 e. The quantitative estimate of drug-likeness (QED) is 0.830. The van der Waals surface area contributed by atoms with E-state index in [2.05, 4.69) is 4.40 Å². The molecule has 0 saturated carbocycles. The summed E-state index contributed by atoms with van der Waals surface area (Å²) in [4.78, 5) is 26.5. The predicted octanol–water partition coefficient (Wildman–Crippen LogP) is 0.143. The first-order valence-electron chi connectivity index (χ1n) is 7.49. The average Bonchev–Trinajstić information content (AvgIpc) is 3.11. The van der Waals surface area contributed by atoms with Crippen LogP contribution in [-0.4, -0.2) is 67.2 Å². The van der Waals surface area contributed by atoms with Gasteiger partial charge >= 0.3 is 5.97 Å². The van der Waals surface area contributed by atoms with Crippen LogP contribution in [-0.2, 0) is 19.6 Å². The summed E-state index contributed by atoms with van der Waals surface area (Å²) in [7, 11) is -2.18. The predicted molar refractivity (Wildman–Crippen MR) is 85.2 cm³/mol. The van der Waals surface area contributed by atoms with Gasteiger partial charge in [-0.05, 0) is 25.0 Å². The molecule has 24 heavy (non-hydrogen) atoms. The van der Waals surface area contributed by atoms with Crippen molar-refractivity contribution in [3.8, 4) is 0 Å². The van der Waals surface area contributed by atoms with Gasteiger partial charge in [-0.15, -0.1) is 4.40 Å². The van der Waals surface area contributed by atoms with Crippen molar-refractivity contribution < 1.29 is 23.1 Å². The lowest BCUT2D eigenvalue weighted by molar-refractivity contribution is -0.148. The standard InChI is InChI=1S/C15H17N3O5S/c1-17(9-13(19)18-8-4-6-11(18)15(20)21)14-10-5-2-3-7-12(10)24(22,23)16-14/h2-3,5,7,11H,4,6,8-9H2,1H3,(H,20,21)/t11-/m1/s1. The Bertz CT molecular complexity index is 833. The Morgan fingerprint density at radius 2 is 2.08 bits per heavy atom. The topological polar surface area (TPSA) is 107 Å². The molecule has 0 aromatic heterocycles. The zero-order valence-electron chi connectivity index (χ0n) is 13.0. The van der Waals surface area contributed by atoms with Crippen LogP contribution in [0.2, 0.25) is 0 Å². The number of carboxylic acids is 1. The van der Waals surface area contributed by atoms with Gasteiger partial charge in [0, 0.05) is 19.2 Å². The summed E-state index contributed by atoms with van der Waals surface area (Å²) in [6.07, 6.45) is 1.08.